The smallest absolute Gasteiger partial charge is 0.387 e. The highest BCUT2D eigenvalue weighted by Crippen LogP contribution is 2.36. The molecule has 0 aliphatic heterocycles. The van der Waals surface area contributed by atoms with E-state index in [4.69, 9.17) is 11.5 Å². The van der Waals surface area contributed by atoms with Crippen molar-refractivity contribution >= 4 is 22.8 Å². The first-order valence-electron chi connectivity index (χ1n) is 8.69. The van der Waals surface area contributed by atoms with E-state index in [0.29, 0.717) is 5.56 Å². The normalized spacial score (nSPS) is 11.6. The fraction of sp³-hybridized carbons (Fsp3) is 0.105. The summed E-state index contributed by atoms with van der Waals surface area (Å²) in [6.45, 7) is -3.02. The minimum atomic E-state index is -3.04. The third-order valence-electron chi connectivity index (χ3n) is 4.35. The molecule has 0 atom stereocenters. The van der Waals surface area contributed by atoms with Gasteiger partial charge in [-0.2, -0.15) is 18.7 Å². The maximum Gasteiger partial charge on any atom is 0.387 e. The molecule has 0 saturated carbocycles. The number of rotatable bonds is 5. The number of nitrogen functional groups attached to an aromatic ring is 2. The second kappa shape index (κ2) is 7.70. The summed E-state index contributed by atoms with van der Waals surface area (Å²) in [5.74, 6) is -2.16. The topological polar surface area (TPSA) is 105 Å². The Morgan fingerprint density at radius 1 is 0.903 bits per heavy atom. The van der Waals surface area contributed by atoms with Gasteiger partial charge in [0.2, 0.25) is 5.95 Å². The number of hydrogen-bond acceptors (Lipinski definition) is 6. The Bertz CT molecular complexity index is 1260. The van der Waals surface area contributed by atoms with Gasteiger partial charge in [-0.25, -0.2) is 18.2 Å². The number of ether oxygens (including phenoxy) is 1. The lowest BCUT2D eigenvalue weighted by Gasteiger charge is -2.16. The maximum absolute atomic E-state index is 13.9. The summed E-state index contributed by atoms with van der Waals surface area (Å²) in [4.78, 5) is 11.8. The number of alkyl halides is 4. The molecule has 2 aromatic heterocycles. The number of benzene rings is 2. The zero-order chi connectivity index (χ0) is 22.3. The zero-order valence-electron chi connectivity index (χ0n) is 15.4. The van der Waals surface area contributed by atoms with Crippen molar-refractivity contribution in [1.82, 2.24) is 19.5 Å². The van der Waals surface area contributed by atoms with Crippen LogP contribution in [0.1, 0.15) is 12.2 Å². The Kier molecular flexibility index (Phi) is 5.05. The van der Waals surface area contributed by atoms with Gasteiger partial charge in [0.1, 0.15) is 17.4 Å². The fourth-order valence-electron chi connectivity index (χ4n) is 3.16. The van der Waals surface area contributed by atoms with Gasteiger partial charge in [-0.15, -0.1) is 0 Å². The van der Waals surface area contributed by atoms with Crippen LogP contribution >= 0.6 is 0 Å². The van der Waals surface area contributed by atoms with Crippen LogP contribution in [0.5, 0.6) is 5.75 Å². The summed E-state index contributed by atoms with van der Waals surface area (Å²) in [7, 11) is 0. The van der Waals surface area contributed by atoms with Crippen molar-refractivity contribution < 1.29 is 26.7 Å². The predicted molar refractivity (Wildman–Crippen MR) is 102 cm³/mol. The second-order valence-corrected chi connectivity index (χ2v) is 6.31. The first-order chi connectivity index (χ1) is 14.7. The number of nitrogens with two attached hydrogens (primary N) is 2. The Labute approximate surface area is 171 Å². The van der Waals surface area contributed by atoms with Crippen LogP contribution < -0.4 is 16.2 Å². The van der Waals surface area contributed by atoms with E-state index in [1.165, 1.54) is 30.3 Å². The Balaban J connectivity index is 1.99. The molecule has 2 aromatic carbocycles. The van der Waals surface area contributed by atoms with Crippen molar-refractivity contribution in [3.05, 3.63) is 54.1 Å². The minimum absolute atomic E-state index is 0.00621. The van der Waals surface area contributed by atoms with E-state index in [-0.39, 0.29) is 39.9 Å². The van der Waals surface area contributed by atoms with E-state index in [0.717, 1.165) is 16.7 Å². The van der Waals surface area contributed by atoms with Gasteiger partial charge in [0, 0.05) is 6.07 Å². The molecule has 0 aliphatic carbocycles. The average Bonchev–Trinajstić information content (AvgIpc) is 3.06. The average molecular weight is 436 g/mol. The van der Waals surface area contributed by atoms with Crippen LogP contribution in [-0.4, -0.2) is 26.1 Å². The highest BCUT2D eigenvalue weighted by atomic mass is 19.3. The number of aromatic nitrogens is 4. The number of hydrogen-bond donors (Lipinski definition) is 2. The summed E-state index contributed by atoms with van der Waals surface area (Å²) in [5.41, 5.74) is 12.2. The van der Waals surface area contributed by atoms with Gasteiger partial charge < -0.3 is 16.2 Å². The lowest BCUT2D eigenvalue weighted by atomic mass is 10.1. The molecule has 0 fully saturated rings. The van der Waals surface area contributed by atoms with E-state index >= 15 is 0 Å². The maximum atomic E-state index is 13.9. The minimum Gasteiger partial charge on any atom is -0.435 e. The van der Waals surface area contributed by atoms with Crippen LogP contribution in [-0.2, 0) is 0 Å². The standard InChI is InChI=1S/C19H13F5N6O/c20-9-3-6-11-12(7-9)30(17(27-11)14(21)22)16-13(15(25)28-19(26)29-16)8-1-4-10(5-2-8)31-18(23)24/h1-7,14,18H,(H4,25,26,28,29). The van der Waals surface area contributed by atoms with Gasteiger partial charge in [-0.1, -0.05) is 12.1 Å². The van der Waals surface area contributed by atoms with Crippen molar-refractivity contribution in [2.24, 2.45) is 0 Å². The molecule has 4 N–H and O–H groups in total. The SMILES string of the molecule is Nc1nc(N)c(-c2ccc(OC(F)F)cc2)c(-n2c(C(F)F)nc3ccc(F)cc32)n1. The van der Waals surface area contributed by atoms with E-state index in [2.05, 4.69) is 19.7 Å². The molecular weight excluding hydrogens is 423 g/mol. The van der Waals surface area contributed by atoms with Crippen molar-refractivity contribution in [2.45, 2.75) is 13.0 Å². The number of fused-ring (bicyclic) bond motifs is 1. The largest absolute Gasteiger partial charge is 0.435 e. The quantitative estimate of drug-likeness (QED) is 0.452. The number of nitrogens with zero attached hydrogens (tertiary/aromatic N) is 4. The molecule has 2 heterocycles. The molecule has 31 heavy (non-hydrogen) atoms. The Morgan fingerprint density at radius 2 is 1.61 bits per heavy atom. The van der Waals surface area contributed by atoms with Crippen molar-refractivity contribution in [1.29, 1.82) is 0 Å². The van der Waals surface area contributed by atoms with E-state index in [1.54, 1.807) is 0 Å². The summed E-state index contributed by atoms with van der Waals surface area (Å²) >= 11 is 0. The van der Waals surface area contributed by atoms with Crippen molar-refractivity contribution in [3.8, 4) is 22.7 Å². The van der Waals surface area contributed by atoms with Crippen molar-refractivity contribution in [3.63, 3.8) is 0 Å². The number of anilines is 2. The van der Waals surface area contributed by atoms with E-state index in [9.17, 15) is 22.0 Å². The lowest BCUT2D eigenvalue weighted by Crippen LogP contribution is -2.11. The molecule has 0 unspecified atom stereocenters. The fourth-order valence-corrected chi connectivity index (χ4v) is 3.16. The molecule has 0 spiro atoms. The van der Waals surface area contributed by atoms with Crippen LogP contribution in [0.2, 0.25) is 0 Å². The number of halogens is 5. The molecule has 12 heteroatoms. The summed E-state index contributed by atoms with van der Waals surface area (Å²) in [6, 6.07) is 8.56. The molecule has 0 radical (unpaired) electrons. The Morgan fingerprint density at radius 3 is 2.26 bits per heavy atom. The first-order valence-corrected chi connectivity index (χ1v) is 8.69. The van der Waals surface area contributed by atoms with Crippen LogP contribution in [0.4, 0.5) is 33.7 Å². The summed E-state index contributed by atoms with van der Waals surface area (Å²) in [5, 5.41) is 0. The molecule has 0 aliphatic rings. The third-order valence-corrected chi connectivity index (χ3v) is 4.35. The van der Waals surface area contributed by atoms with Crippen molar-refractivity contribution in [2.75, 3.05) is 11.5 Å². The second-order valence-electron chi connectivity index (χ2n) is 6.31. The molecule has 4 rings (SSSR count). The van der Waals surface area contributed by atoms with E-state index < -0.39 is 24.7 Å². The summed E-state index contributed by atoms with van der Waals surface area (Å²) < 4.78 is 71.5. The van der Waals surface area contributed by atoms with Crippen LogP contribution in [0, 0.1) is 5.82 Å². The van der Waals surface area contributed by atoms with Gasteiger partial charge in [-0.05, 0) is 29.8 Å². The van der Waals surface area contributed by atoms with E-state index in [1.807, 2.05) is 0 Å². The molecule has 7 nitrogen and oxygen atoms in total. The summed E-state index contributed by atoms with van der Waals surface area (Å²) in [6.07, 6.45) is -3.04. The van der Waals surface area contributed by atoms with Gasteiger partial charge in [0.15, 0.2) is 11.6 Å². The van der Waals surface area contributed by atoms with Gasteiger partial charge in [-0.3, -0.25) is 4.57 Å². The van der Waals surface area contributed by atoms with Gasteiger partial charge >= 0.3 is 6.61 Å². The van der Waals surface area contributed by atoms with Gasteiger partial charge in [0.25, 0.3) is 6.43 Å². The Hall–Kier alpha value is -3.96. The molecule has 0 amide bonds. The zero-order valence-corrected chi connectivity index (χ0v) is 15.4. The molecular formula is C19H13F5N6O. The third kappa shape index (κ3) is 3.79. The monoisotopic (exact) mass is 436 g/mol. The van der Waals surface area contributed by atoms with Crippen LogP contribution in [0.3, 0.4) is 0 Å². The van der Waals surface area contributed by atoms with Gasteiger partial charge in [0.05, 0.1) is 16.6 Å². The molecule has 0 bridgehead atoms. The highest BCUT2D eigenvalue weighted by Gasteiger charge is 2.25. The first kappa shape index (κ1) is 20.3. The predicted octanol–water partition coefficient (Wildman–Crippen LogP) is 4.33. The molecule has 4 aromatic rings. The molecule has 0 saturated heterocycles. The lowest BCUT2D eigenvalue weighted by molar-refractivity contribution is -0.0498. The van der Waals surface area contributed by atoms with Crippen LogP contribution in [0.25, 0.3) is 28.0 Å². The molecule has 160 valence electrons. The van der Waals surface area contributed by atoms with Crippen LogP contribution in [0.15, 0.2) is 42.5 Å². The highest BCUT2D eigenvalue weighted by molar-refractivity contribution is 5.85. The number of imidazole rings is 1.